The van der Waals surface area contributed by atoms with Crippen molar-refractivity contribution in [2.45, 2.75) is 6.42 Å². The minimum Gasteiger partial charge on any atom is -0.352 e. The summed E-state index contributed by atoms with van der Waals surface area (Å²) < 4.78 is 0. The van der Waals surface area contributed by atoms with Crippen LogP contribution in [0.5, 0.6) is 0 Å². The molecule has 3 rings (SSSR count). The molecule has 4 nitrogen and oxygen atoms in total. The van der Waals surface area contributed by atoms with E-state index in [-0.39, 0.29) is 5.91 Å². The molecular formula is C19H17N3O. The molecule has 0 saturated carbocycles. The van der Waals surface area contributed by atoms with Crippen LogP contribution in [0, 0.1) is 0 Å². The minimum atomic E-state index is -0.0626. The van der Waals surface area contributed by atoms with Crippen molar-refractivity contribution in [2.24, 2.45) is 0 Å². The molecule has 0 aliphatic carbocycles. The van der Waals surface area contributed by atoms with Gasteiger partial charge in [0.25, 0.3) is 5.91 Å². The number of rotatable bonds is 5. The molecule has 1 aromatic heterocycles. The second-order valence-corrected chi connectivity index (χ2v) is 5.15. The van der Waals surface area contributed by atoms with Gasteiger partial charge in [-0.05, 0) is 24.1 Å². The fourth-order valence-electron chi connectivity index (χ4n) is 2.23. The molecule has 1 heterocycles. The van der Waals surface area contributed by atoms with Crippen LogP contribution in [-0.2, 0) is 6.42 Å². The lowest BCUT2D eigenvalue weighted by Crippen LogP contribution is -2.25. The highest BCUT2D eigenvalue weighted by Gasteiger charge is 2.04. The maximum absolute atomic E-state index is 11.9. The largest absolute Gasteiger partial charge is 0.352 e. The van der Waals surface area contributed by atoms with E-state index in [0.717, 1.165) is 11.1 Å². The molecule has 0 radical (unpaired) electrons. The highest BCUT2D eigenvalue weighted by atomic mass is 16.1. The summed E-state index contributed by atoms with van der Waals surface area (Å²) in [6, 6.07) is 19.0. The number of nitrogens with zero attached hydrogens (tertiary/aromatic N) is 2. The first-order valence-electron chi connectivity index (χ1n) is 7.52. The summed E-state index contributed by atoms with van der Waals surface area (Å²) >= 11 is 0. The second kappa shape index (κ2) is 7.31. The monoisotopic (exact) mass is 303 g/mol. The molecule has 0 atom stereocenters. The number of benzene rings is 2. The molecule has 3 aromatic rings. The standard InChI is InChI=1S/C19H17N3O/c23-19(17-9-5-2-6-10-17)20-12-11-15-13-21-18(22-14-15)16-7-3-1-4-8-16/h1-10,13-14H,11-12H2,(H,20,23). The summed E-state index contributed by atoms with van der Waals surface area (Å²) in [5.74, 6) is 0.648. The van der Waals surface area contributed by atoms with Crippen molar-refractivity contribution in [1.29, 1.82) is 0 Å². The molecule has 4 heteroatoms. The van der Waals surface area contributed by atoms with Gasteiger partial charge in [-0.2, -0.15) is 0 Å². The number of nitrogens with one attached hydrogen (secondary N) is 1. The molecule has 2 aromatic carbocycles. The highest BCUT2D eigenvalue weighted by Crippen LogP contribution is 2.13. The fourth-order valence-corrected chi connectivity index (χ4v) is 2.23. The Hall–Kier alpha value is -3.01. The lowest BCUT2D eigenvalue weighted by atomic mass is 10.2. The number of aromatic nitrogens is 2. The quantitative estimate of drug-likeness (QED) is 0.788. The molecule has 1 N–H and O–H groups in total. The van der Waals surface area contributed by atoms with Crippen molar-refractivity contribution >= 4 is 5.91 Å². The Morgan fingerprint density at radius 1 is 0.870 bits per heavy atom. The highest BCUT2D eigenvalue weighted by molar-refractivity contribution is 5.94. The van der Waals surface area contributed by atoms with E-state index in [1.165, 1.54) is 0 Å². The van der Waals surface area contributed by atoms with Gasteiger partial charge in [0, 0.05) is 30.1 Å². The van der Waals surface area contributed by atoms with Crippen molar-refractivity contribution < 1.29 is 4.79 Å². The van der Waals surface area contributed by atoms with Crippen LogP contribution in [0.3, 0.4) is 0 Å². The lowest BCUT2D eigenvalue weighted by Gasteiger charge is -2.06. The zero-order valence-electron chi connectivity index (χ0n) is 12.6. The molecule has 0 aliphatic rings. The summed E-state index contributed by atoms with van der Waals surface area (Å²) in [4.78, 5) is 20.7. The number of carbonyl (C=O) groups excluding carboxylic acids is 1. The van der Waals surface area contributed by atoms with Crippen LogP contribution in [-0.4, -0.2) is 22.4 Å². The third-order valence-electron chi connectivity index (χ3n) is 3.47. The summed E-state index contributed by atoms with van der Waals surface area (Å²) in [5, 5.41) is 2.90. The zero-order chi connectivity index (χ0) is 15.9. The van der Waals surface area contributed by atoms with Crippen LogP contribution in [0.15, 0.2) is 73.1 Å². The molecule has 114 valence electrons. The Labute approximate surface area is 135 Å². The van der Waals surface area contributed by atoms with E-state index >= 15 is 0 Å². The fraction of sp³-hybridized carbons (Fsp3) is 0.105. The van der Waals surface area contributed by atoms with E-state index in [1.54, 1.807) is 12.1 Å². The molecular weight excluding hydrogens is 286 g/mol. The predicted octanol–water partition coefficient (Wildman–Crippen LogP) is 3.12. The molecule has 0 aliphatic heterocycles. The number of carbonyl (C=O) groups is 1. The van der Waals surface area contributed by atoms with Crippen LogP contribution in [0.1, 0.15) is 15.9 Å². The first-order chi connectivity index (χ1) is 11.3. The van der Waals surface area contributed by atoms with Gasteiger partial charge >= 0.3 is 0 Å². The van der Waals surface area contributed by atoms with Crippen molar-refractivity contribution in [3.63, 3.8) is 0 Å². The molecule has 0 fully saturated rings. The summed E-state index contributed by atoms with van der Waals surface area (Å²) in [7, 11) is 0. The van der Waals surface area contributed by atoms with E-state index in [0.29, 0.717) is 24.4 Å². The van der Waals surface area contributed by atoms with Crippen molar-refractivity contribution in [3.05, 3.63) is 84.2 Å². The molecule has 1 amide bonds. The first kappa shape index (κ1) is 14.9. The number of amides is 1. The van der Waals surface area contributed by atoms with Gasteiger partial charge in [0.2, 0.25) is 0 Å². The van der Waals surface area contributed by atoms with Gasteiger partial charge in [0.15, 0.2) is 5.82 Å². The Balaban J connectivity index is 1.54. The van der Waals surface area contributed by atoms with Gasteiger partial charge in [0.1, 0.15) is 0 Å². The lowest BCUT2D eigenvalue weighted by molar-refractivity contribution is 0.0954. The van der Waals surface area contributed by atoms with Crippen LogP contribution < -0.4 is 5.32 Å². The Kier molecular flexibility index (Phi) is 4.74. The summed E-state index contributed by atoms with van der Waals surface area (Å²) in [6.07, 6.45) is 4.32. The molecule has 23 heavy (non-hydrogen) atoms. The van der Waals surface area contributed by atoms with Gasteiger partial charge in [-0.1, -0.05) is 48.5 Å². The zero-order valence-corrected chi connectivity index (χ0v) is 12.6. The van der Waals surface area contributed by atoms with Crippen LogP contribution >= 0.6 is 0 Å². The molecule has 0 bridgehead atoms. The normalized spacial score (nSPS) is 10.3. The topological polar surface area (TPSA) is 54.9 Å². The molecule has 0 saturated heterocycles. The second-order valence-electron chi connectivity index (χ2n) is 5.15. The third kappa shape index (κ3) is 4.01. The maximum Gasteiger partial charge on any atom is 0.251 e. The van der Waals surface area contributed by atoms with Gasteiger partial charge in [0.05, 0.1) is 0 Å². The Morgan fingerprint density at radius 3 is 2.13 bits per heavy atom. The Bertz CT molecular complexity index is 756. The SMILES string of the molecule is O=C(NCCc1cnc(-c2ccccc2)nc1)c1ccccc1. The maximum atomic E-state index is 11.9. The van der Waals surface area contributed by atoms with Gasteiger partial charge in [-0.15, -0.1) is 0 Å². The van der Waals surface area contributed by atoms with Crippen LogP contribution in [0.2, 0.25) is 0 Å². The summed E-state index contributed by atoms with van der Waals surface area (Å²) in [5.41, 5.74) is 2.66. The average Bonchev–Trinajstić information content (AvgIpc) is 2.64. The van der Waals surface area contributed by atoms with Crippen molar-refractivity contribution in [2.75, 3.05) is 6.54 Å². The van der Waals surface area contributed by atoms with Crippen LogP contribution in [0.25, 0.3) is 11.4 Å². The predicted molar refractivity (Wildman–Crippen MR) is 89.9 cm³/mol. The van der Waals surface area contributed by atoms with Gasteiger partial charge in [-0.25, -0.2) is 9.97 Å². The van der Waals surface area contributed by atoms with Crippen LogP contribution in [0.4, 0.5) is 0 Å². The molecule has 0 spiro atoms. The third-order valence-corrected chi connectivity index (χ3v) is 3.47. The van der Waals surface area contributed by atoms with E-state index < -0.39 is 0 Å². The van der Waals surface area contributed by atoms with E-state index in [2.05, 4.69) is 15.3 Å². The smallest absolute Gasteiger partial charge is 0.251 e. The van der Waals surface area contributed by atoms with E-state index in [4.69, 9.17) is 0 Å². The van der Waals surface area contributed by atoms with E-state index in [1.807, 2.05) is 60.9 Å². The summed E-state index contributed by atoms with van der Waals surface area (Å²) in [6.45, 7) is 0.557. The number of hydrogen-bond acceptors (Lipinski definition) is 3. The van der Waals surface area contributed by atoms with Crippen molar-refractivity contribution in [1.82, 2.24) is 15.3 Å². The average molecular weight is 303 g/mol. The number of hydrogen-bond donors (Lipinski definition) is 1. The molecule has 0 unspecified atom stereocenters. The Morgan fingerprint density at radius 2 is 1.48 bits per heavy atom. The minimum absolute atomic E-state index is 0.0626. The van der Waals surface area contributed by atoms with E-state index in [9.17, 15) is 4.79 Å². The first-order valence-corrected chi connectivity index (χ1v) is 7.52. The van der Waals surface area contributed by atoms with Gasteiger partial charge in [-0.3, -0.25) is 4.79 Å². The van der Waals surface area contributed by atoms with Crippen molar-refractivity contribution in [3.8, 4) is 11.4 Å². The van der Waals surface area contributed by atoms with Gasteiger partial charge < -0.3 is 5.32 Å².